The average molecular weight is 852 g/mol. The largest absolute Gasteiger partial charge is 0.456 e. The SMILES string of the molecule is [2H]c1c([2H])c([2H])c2c(oc3cc(N(c4ccc(C5(c6ccccc6)c6ccccc6-c6ccccc65)cc4)c4ccc5c(c4)C(c4ccccc4)(c4ccccc4)c4ccccc4S5)ccc32)c1[2H]. The van der Waals surface area contributed by atoms with Crippen molar-refractivity contribution >= 4 is 50.8 Å². The van der Waals surface area contributed by atoms with Gasteiger partial charge < -0.3 is 9.32 Å². The summed E-state index contributed by atoms with van der Waals surface area (Å²) >= 11 is 1.80. The number of nitrogens with zero attached hydrogens (tertiary/aromatic N) is 1. The Morgan fingerprint density at radius 2 is 0.846 bits per heavy atom. The van der Waals surface area contributed by atoms with Crippen molar-refractivity contribution in [2.75, 3.05) is 4.90 Å². The molecule has 0 unspecified atom stereocenters. The van der Waals surface area contributed by atoms with E-state index in [2.05, 4.69) is 211 Å². The summed E-state index contributed by atoms with van der Waals surface area (Å²) in [5.74, 6) is 0. The summed E-state index contributed by atoms with van der Waals surface area (Å²) in [5.41, 5.74) is 14.1. The molecular weight excluding hydrogens is 807 g/mol. The van der Waals surface area contributed by atoms with Gasteiger partial charge in [0.2, 0.25) is 0 Å². The quantitative estimate of drug-likeness (QED) is 0.159. The Balaban J connectivity index is 1.06. The third-order valence-corrected chi connectivity index (χ3v) is 14.8. The highest BCUT2D eigenvalue weighted by Gasteiger charge is 2.47. The number of benzene rings is 10. The Morgan fingerprint density at radius 3 is 1.49 bits per heavy atom. The lowest BCUT2D eigenvalue weighted by atomic mass is 9.64. The van der Waals surface area contributed by atoms with Crippen LogP contribution in [0.15, 0.2) is 263 Å². The number of hydrogen-bond donors (Lipinski definition) is 0. The predicted molar refractivity (Wildman–Crippen MR) is 268 cm³/mol. The zero-order valence-corrected chi connectivity index (χ0v) is 35.9. The molecule has 13 rings (SSSR count). The van der Waals surface area contributed by atoms with Gasteiger partial charge in [-0.1, -0.05) is 200 Å². The molecule has 0 fully saturated rings. The lowest BCUT2D eigenvalue weighted by molar-refractivity contribution is 0.669. The van der Waals surface area contributed by atoms with E-state index < -0.39 is 10.8 Å². The van der Waals surface area contributed by atoms with E-state index in [1.807, 2.05) is 18.2 Å². The monoisotopic (exact) mass is 851 g/mol. The summed E-state index contributed by atoms with van der Waals surface area (Å²) < 4.78 is 40.9. The molecule has 0 spiro atoms. The van der Waals surface area contributed by atoms with Gasteiger partial charge in [0.05, 0.1) is 16.3 Å². The van der Waals surface area contributed by atoms with Crippen molar-refractivity contribution in [1.29, 1.82) is 0 Å². The minimum Gasteiger partial charge on any atom is -0.456 e. The van der Waals surface area contributed by atoms with Gasteiger partial charge >= 0.3 is 0 Å². The fraction of sp³-hybridized carbons (Fsp3) is 0.0323. The van der Waals surface area contributed by atoms with Crippen LogP contribution in [-0.4, -0.2) is 0 Å². The Morgan fingerprint density at radius 1 is 0.369 bits per heavy atom. The summed E-state index contributed by atoms with van der Waals surface area (Å²) in [6.45, 7) is 0. The van der Waals surface area contributed by atoms with E-state index in [-0.39, 0.29) is 29.8 Å². The second kappa shape index (κ2) is 14.9. The van der Waals surface area contributed by atoms with E-state index >= 15 is 0 Å². The van der Waals surface area contributed by atoms with E-state index in [0.717, 1.165) is 22.6 Å². The summed E-state index contributed by atoms with van der Waals surface area (Å²) in [6.07, 6.45) is 0. The molecule has 11 aromatic rings. The Bertz CT molecular complexity index is 3730. The molecule has 0 radical (unpaired) electrons. The second-order valence-electron chi connectivity index (χ2n) is 16.8. The lowest BCUT2D eigenvalue weighted by Crippen LogP contribution is -2.34. The van der Waals surface area contributed by atoms with Gasteiger partial charge in [-0.3, -0.25) is 0 Å². The van der Waals surface area contributed by atoms with Crippen molar-refractivity contribution < 1.29 is 9.90 Å². The van der Waals surface area contributed by atoms with Crippen molar-refractivity contribution in [3.05, 3.63) is 293 Å². The molecule has 1 aromatic heterocycles. The first kappa shape index (κ1) is 33.7. The van der Waals surface area contributed by atoms with Gasteiger partial charge in [-0.15, -0.1) is 0 Å². The topological polar surface area (TPSA) is 16.4 Å². The molecule has 10 aromatic carbocycles. The van der Waals surface area contributed by atoms with Crippen LogP contribution < -0.4 is 4.90 Å². The first-order valence-corrected chi connectivity index (χ1v) is 22.8. The molecule has 1 aliphatic heterocycles. The molecule has 2 nitrogen and oxygen atoms in total. The van der Waals surface area contributed by atoms with Crippen molar-refractivity contribution in [1.82, 2.24) is 0 Å². The van der Waals surface area contributed by atoms with E-state index in [4.69, 9.17) is 9.90 Å². The Hall–Kier alpha value is -7.85. The molecule has 0 N–H and O–H groups in total. The summed E-state index contributed by atoms with van der Waals surface area (Å²) in [7, 11) is 0. The number of anilines is 3. The smallest absolute Gasteiger partial charge is 0.137 e. The van der Waals surface area contributed by atoms with Gasteiger partial charge in [0, 0.05) is 43.7 Å². The van der Waals surface area contributed by atoms with Crippen molar-refractivity contribution in [3.8, 4) is 11.1 Å². The zero-order chi connectivity index (χ0) is 46.4. The van der Waals surface area contributed by atoms with Gasteiger partial charge in [0.1, 0.15) is 11.2 Å². The number of furan rings is 1. The van der Waals surface area contributed by atoms with Crippen LogP contribution in [0.5, 0.6) is 0 Å². The van der Waals surface area contributed by atoms with Crippen LogP contribution in [-0.2, 0) is 10.8 Å². The Kier molecular flexibility index (Phi) is 7.71. The van der Waals surface area contributed by atoms with Crippen LogP contribution in [0, 0.1) is 0 Å². The van der Waals surface area contributed by atoms with E-state index in [0.29, 0.717) is 16.4 Å². The maximum absolute atomic E-state index is 8.85. The van der Waals surface area contributed by atoms with Crippen LogP contribution in [0.4, 0.5) is 17.1 Å². The first-order valence-electron chi connectivity index (χ1n) is 24.0. The minimum absolute atomic E-state index is 0.113. The van der Waals surface area contributed by atoms with Gasteiger partial charge in [-0.25, -0.2) is 0 Å². The van der Waals surface area contributed by atoms with Gasteiger partial charge in [0.25, 0.3) is 0 Å². The van der Waals surface area contributed by atoms with Gasteiger partial charge in [0.15, 0.2) is 0 Å². The van der Waals surface area contributed by atoms with Crippen LogP contribution in [0.1, 0.15) is 50.0 Å². The predicted octanol–water partition coefficient (Wildman–Crippen LogP) is 16.3. The fourth-order valence-electron chi connectivity index (χ4n) is 11.0. The molecule has 2 heterocycles. The molecule has 3 heteroatoms. The highest BCUT2D eigenvalue weighted by molar-refractivity contribution is 7.99. The van der Waals surface area contributed by atoms with Crippen LogP contribution in [0.2, 0.25) is 0 Å². The van der Waals surface area contributed by atoms with Gasteiger partial charge in [-0.2, -0.15) is 0 Å². The molecule has 2 aliphatic rings. The van der Waals surface area contributed by atoms with Crippen LogP contribution >= 0.6 is 11.8 Å². The molecule has 1 aliphatic carbocycles. The zero-order valence-electron chi connectivity index (χ0n) is 39.1. The van der Waals surface area contributed by atoms with Crippen LogP contribution in [0.25, 0.3) is 33.1 Å². The molecule has 65 heavy (non-hydrogen) atoms. The van der Waals surface area contributed by atoms with E-state index in [1.54, 1.807) is 11.8 Å². The summed E-state index contributed by atoms with van der Waals surface area (Å²) in [5, 5.41) is 1.01. The minimum atomic E-state index is -0.657. The molecule has 0 saturated heterocycles. The maximum Gasteiger partial charge on any atom is 0.137 e. The average Bonchev–Trinajstić information content (AvgIpc) is 3.94. The van der Waals surface area contributed by atoms with Crippen molar-refractivity contribution in [2.45, 2.75) is 20.6 Å². The standard InChI is InChI=1S/C62H41NOS/c1-4-18-42(19-5-1)61(53-27-13-10-24-49(53)50-25-11-14-28-54(50)61)45-32-34-46(35-33-45)63(48-36-38-52-51-26-12-16-30-57(51)64-58(52)41-48)47-37-39-60-56(40-47)62(43-20-6-2-7-21-43,44-22-8-3-9-23-44)55-29-15-17-31-59(55)65-60/h1-41H/i12D,16D,26D,30D. The van der Waals surface area contributed by atoms with Crippen molar-refractivity contribution in [3.63, 3.8) is 0 Å². The summed E-state index contributed by atoms with van der Waals surface area (Å²) in [6, 6.07) is 79.7. The fourth-order valence-corrected chi connectivity index (χ4v) is 12.1. The number of rotatable bonds is 7. The molecule has 306 valence electrons. The first-order chi connectivity index (χ1) is 33.9. The molecule has 0 amide bonds. The number of para-hydroxylation sites is 1. The highest BCUT2D eigenvalue weighted by atomic mass is 32.2. The van der Waals surface area contributed by atoms with E-state index in [9.17, 15) is 0 Å². The highest BCUT2D eigenvalue weighted by Crippen LogP contribution is 2.58. The third-order valence-electron chi connectivity index (χ3n) is 13.6. The summed E-state index contributed by atoms with van der Waals surface area (Å²) in [4.78, 5) is 4.65. The van der Waals surface area contributed by atoms with Gasteiger partial charge in [-0.05, 0) is 110 Å². The maximum atomic E-state index is 8.85. The molecule has 0 atom stereocenters. The number of hydrogen-bond acceptors (Lipinski definition) is 3. The lowest BCUT2D eigenvalue weighted by Gasteiger charge is -2.42. The molecule has 0 bridgehead atoms. The van der Waals surface area contributed by atoms with E-state index in [1.165, 1.54) is 59.9 Å². The Labute approximate surface area is 388 Å². The van der Waals surface area contributed by atoms with Crippen LogP contribution in [0.3, 0.4) is 0 Å². The van der Waals surface area contributed by atoms with Crippen molar-refractivity contribution in [2.24, 2.45) is 0 Å². The molecular formula is C62H41NOS. The third kappa shape index (κ3) is 5.56. The second-order valence-corrected chi connectivity index (χ2v) is 17.9. The normalized spacial score (nSPS) is 14.9. The molecule has 0 saturated carbocycles. The number of fused-ring (bicyclic) bond motifs is 8.